The molecule has 0 radical (unpaired) electrons. The maximum absolute atomic E-state index is 11.2. The number of aromatic nitrogens is 2. The molecule has 3 aromatic rings. The van der Waals surface area contributed by atoms with Crippen LogP contribution in [0, 0.1) is 0 Å². The van der Waals surface area contributed by atoms with Crippen molar-refractivity contribution in [2.24, 2.45) is 0 Å². The molecule has 1 aliphatic heterocycles. The lowest BCUT2D eigenvalue weighted by molar-refractivity contribution is 0.0380. The van der Waals surface area contributed by atoms with Gasteiger partial charge in [-0.05, 0) is 55.8 Å². The zero-order valence-electron chi connectivity index (χ0n) is 14.5. The van der Waals surface area contributed by atoms with E-state index in [1.807, 2.05) is 31.2 Å². The Hall–Kier alpha value is -1.88. The van der Waals surface area contributed by atoms with Crippen LogP contribution in [0.15, 0.2) is 42.7 Å². The van der Waals surface area contributed by atoms with Crippen molar-refractivity contribution in [1.82, 2.24) is 14.5 Å². The van der Waals surface area contributed by atoms with Crippen LogP contribution in [0.2, 0.25) is 5.02 Å². The Morgan fingerprint density at radius 2 is 2.00 bits per heavy atom. The van der Waals surface area contributed by atoms with Gasteiger partial charge in [-0.15, -0.1) is 0 Å². The number of hydrogen-bond acceptors (Lipinski definition) is 3. The molecule has 0 bridgehead atoms. The smallest absolute Gasteiger partial charge is 0.105 e. The molecule has 1 aliphatic rings. The summed E-state index contributed by atoms with van der Waals surface area (Å²) in [6.45, 7) is 4.28. The van der Waals surface area contributed by atoms with E-state index in [0.29, 0.717) is 6.54 Å². The molecular formula is C20H22ClN3O. The van der Waals surface area contributed by atoms with Crippen LogP contribution in [0.5, 0.6) is 0 Å². The van der Waals surface area contributed by atoms with Crippen LogP contribution < -0.4 is 0 Å². The average molecular weight is 356 g/mol. The van der Waals surface area contributed by atoms with Crippen LogP contribution in [0.25, 0.3) is 10.9 Å². The number of nitrogens with zero attached hydrogens (tertiary/aromatic N) is 3. The lowest BCUT2D eigenvalue weighted by Crippen LogP contribution is -2.32. The van der Waals surface area contributed by atoms with Gasteiger partial charge in [0, 0.05) is 41.6 Å². The molecule has 4 nitrogen and oxygen atoms in total. The Balaban J connectivity index is 1.86. The van der Waals surface area contributed by atoms with Gasteiger partial charge >= 0.3 is 0 Å². The summed E-state index contributed by atoms with van der Waals surface area (Å²) in [6.07, 6.45) is 4.46. The zero-order valence-corrected chi connectivity index (χ0v) is 15.3. The molecule has 1 unspecified atom stereocenters. The van der Waals surface area contributed by atoms with Crippen LogP contribution in [0.1, 0.15) is 23.7 Å². The number of hydrogen-bond donors (Lipinski definition) is 1. The summed E-state index contributed by atoms with van der Waals surface area (Å²) in [6, 6.07) is 9.82. The van der Waals surface area contributed by atoms with Crippen LogP contribution in [-0.2, 0) is 25.1 Å². The normalized spacial score (nSPS) is 17.4. The summed E-state index contributed by atoms with van der Waals surface area (Å²) in [5.74, 6) is 0. The van der Waals surface area contributed by atoms with Gasteiger partial charge in [-0.2, -0.15) is 0 Å². The Kier molecular flexibility index (Phi) is 4.07. The van der Waals surface area contributed by atoms with Crippen molar-refractivity contribution in [2.75, 3.05) is 13.6 Å². The number of aliphatic hydroxyl groups is 1. The van der Waals surface area contributed by atoms with E-state index >= 15 is 0 Å². The summed E-state index contributed by atoms with van der Waals surface area (Å²) < 4.78 is 2.24. The van der Waals surface area contributed by atoms with E-state index in [9.17, 15) is 5.11 Å². The number of likely N-dealkylation sites (N-methyl/N-ethyl adjacent to an activating group) is 1. The van der Waals surface area contributed by atoms with Gasteiger partial charge in [0.15, 0.2) is 0 Å². The molecule has 0 amide bonds. The molecule has 0 fully saturated rings. The molecule has 5 heteroatoms. The lowest BCUT2D eigenvalue weighted by atomic mass is 9.97. The number of fused-ring (bicyclic) bond motifs is 3. The Morgan fingerprint density at radius 3 is 2.76 bits per heavy atom. The molecule has 2 aromatic heterocycles. The van der Waals surface area contributed by atoms with Crippen LogP contribution in [0.3, 0.4) is 0 Å². The van der Waals surface area contributed by atoms with Crippen molar-refractivity contribution in [2.45, 2.75) is 32.0 Å². The number of halogens is 1. The zero-order chi connectivity index (χ0) is 17.6. The first-order valence-corrected chi connectivity index (χ1v) is 8.94. The number of rotatable bonds is 3. The molecule has 0 spiro atoms. The Morgan fingerprint density at radius 1 is 1.24 bits per heavy atom. The van der Waals surface area contributed by atoms with Crippen molar-refractivity contribution < 1.29 is 5.11 Å². The maximum atomic E-state index is 11.2. The largest absolute Gasteiger partial charge is 0.384 e. The van der Waals surface area contributed by atoms with Crippen LogP contribution >= 0.6 is 11.6 Å². The van der Waals surface area contributed by atoms with Gasteiger partial charge in [-0.25, -0.2) is 0 Å². The molecule has 4 rings (SSSR count). The predicted octanol–water partition coefficient (Wildman–Crippen LogP) is 3.59. The highest BCUT2D eigenvalue weighted by atomic mass is 35.5. The minimum absolute atomic E-state index is 0.483. The molecule has 1 N–H and O–H groups in total. The molecule has 1 atom stereocenters. The van der Waals surface area contributed by atoms with Crippen LogP contribution in [0.4, 0.5) is 0 Å². The van der Waals surface area contributed by atoms with E-state index in [0.717, 1.165) is 35.6 Å². The first kappa shape index (κ1) is 16.6. The van der Waals surface area contributed by atoms with Gasteiger partial charge < -0.3 is 14.6 Å². The summed E-state index contributed by atoms with van der Waals surface area (Å²) >= 11 is 6.28. The van der Waals surface area contributed by atoms with Gasteiger partial charge in [-0.1, -0.05) is 17.7 Å². The molecule has 3 heterocycles. The summed E-state index contributed by atoms with van der Waals surface area (Å²) in [5, 5.41) is 13.1. The van der Waals surface area contributed by atoms with Gasteiger partial charge in [0.2, 0.25) is 0 Å². The molecule has 0 saturated heterocycles. The minimum Gasteiger partial charge on any atom is -0.384 e. The summed E-state index contributed by atoms with van der Waals surface area (Å²) in [5.41, 5.74) is 3.64. The van der Waals surface area contributed by atoms with E-state index in [-0.39, 0.29) is 0 Å². The molecule has 0 aliphatic carbocycles. The van der Waals surface area contributed by atoms with Gasteiger partial charge in [0.25, 0.3) is 0 Å². The predicted molar refractivity (Wildman–Crippen MR) is 101 cm³/mol. The highest BCUT2D eigenvalue weighted by molar-refractivity contribution is 6.31. The quantitative estimate of drug-likeness (QED) is 0.780. The molecule has 25 heavy (non-hydrogen) atoms. The first-order chi connectivity index (χ1) is 12.0. The first-order valence-electron chi connectivity index (χ1n) is 8.56. The lowest BCUT2D eigenvalue weighted by Gasteiger charge is -2.29. The topological polar surface area (TPSA) is 41.3 Å². The third kappa shape index (κ3) is 2.95. The third-order valence-corrected chi connectivity index (χ3v) is 5.42. The third-order valence-electron chi connectivity index (χ3n) is 5.18. The average Bonchev–Trinajstić information content (AvgIpc) is 2.88. The van der Waals surface area contributed by atoms with E-state index in [2.05, 4.69) is 27.6 Å². The second-order valence-corrected chi connectivity index (χ2v) is 7.61. The highest BCUT2D eigenvalue weighted by Gasteiger charge is 2.29. The molecule has 1 aromatic carbocycles. The van der Waals surface area contributed by atoms with E-state index < -0.39 is 5.60 Å². The van der Waals surface area contributed by atoms with Crippen molar-refractivity contribution in [3.63, 3.8) is 0 Å². The fraction of sp³-hybridized carbons (Fsp3) is 0.350. The van der Waals surface area contributed by atoms with E-state index in [4.69, 9.17) is 11.6 Å². The fourth-order valence-corrected chi connectivity index (χ4v) is 4.00. The SMILES string of the molecule is CN1CCc2c(n(CC(C)(O)c3ccncc3)c3cc(Cl)ccc23)C1. The van der Waals surface area contributed by atoms with E-state index in [1.165, 1.54) is 16.6 Å². The second-order valence-electron chi connectivity index (χ2n) is 7.17. The number of benzene rings is 1. The molecule has 130 valence electrons. The maximum Gasteiger partial charge on any atom is 0.105 e. The second kappa shape index (κ2) is 6.13. The molecular weight excluding hydrogens is 334 g/mol. The fourth-order valence-electron chi connectivity index (χ4n) is 3.83. The monoisotopic (exact) mass is 355 g/mol. The summed E-state index contributed by atoms with van der Waals surface area (Å²) in [7, 11) is 2.14. The van der Waals surface area contributed by atoms with Crippen LogP contribution in [-0.4, -0.2) is 33.1 Å². The van der Waals surface area contributed by atoms with E-state index in [1.54, 1.807) is 12.4 Å². The standard InChI is InChI=1S/C20H22ClN3O/c1-20(25,14-5-8-22-9-6-14)13-24-18-11-15(21)3-4-16(18)17-7-10-23(2)12-19(17)24/h3-6,8-9,11,25H,7,10,12-13H2,1-2H3. The van der Waals surface area contributed by atoms with Crippen molar-refractivity contribution >= 4 is 22.5 Å². The van der Waals surface area contributed by atoms with Gasteiger partial charge in [0.05, 0.1) is 12.1 Å². The summed E-state index contributed by atoms with van der Waals surface area (Å²) in [4.78, 5) is 6.38. The van der Waals surface area contributed by atoms with Crippen molar-refractivity contribution in [1.29, 1.82) is 0 Å². The number of pyridine rings is 1. The minimum atomic E-state index is -0.985. The van der Waals surface area contributed by atoms with Gasteiger partial charge in [0.1, 0.15) is 5.60 Å². The molecule has 0 saturated carbocycles. The van der Waals surface area contributed by atoms with Gasteiger partial charge in [-0.3, -0.25) is 4.98 Å². The Labute approximate surface area is 152 Å². The Bertz CT molecular complexity index is 918. The van der Waals surface area contributed by atoms with Crippen molar-refractivity contribution in [3.8, 4) is 0 Å². The van der Waals surface area contributed by atoms with Crippen molar-refractivity contribution in [3.05, 3.63) is 64.6 Å². The highest BCUT2D eigenvalue weighted by Crippen LogP contribution is 2.34.